The van der Waals surface area contributed by atoms with E-state index in [-0.39, 0.29) is 13.0 Å². The van der Waals surface area contributed by atoms with Gasteiger partial charge in [0.25, 0.3) is 0 Å². The molecule has 0 saturated carbocycles. The van der Waals surface area contributed by atoms with Crippen LogP contribution in [-0.2, 0) is 19.2 Å². The van der Waals surface area contributed by atoms with Crippen molar-refractivity contribution in [3.05, 3.63) is 0 Å². The van der Waals surface area contributed by atoms with E-state index in [1.54, 1.807) is 0 Å². The number of carbonyl (C=O) groups excluding carboxylic acids is 2. The third kappa shape index (κ3) is 6.99. The Morgan fingerprint density at radius 3 is 1.87 bits per heavy atom. The van der Waals surface area contributed by atoms with Crippen molar-refractivity contribution in [1.29, 1.82) is 0 Å². The highest BCUT2D eigenvalue weighted by molar-refractivity contribution is 6.35. The molecule has 0 unspecified atom stereocenters. The van der Waals surface area contributed by atoms with Gasteiger partial charge in [0, 0.05) is 6.54 Å². The smallest absolute Gasteiger partial charge is 0.322 e. The van der Waals surface area contributed by atoms with Gasteiger partial charge in [-0.15, -0.1) is 0 Å². The summed E-state index contributed by atoms with van der Waals surface area (Å²) < 4.78 is 0. The van der Waals surface area contributed by atoms with Crippen LogP contribution in [0.5, 0.6) is 0 Å². The van der Waals surface area contributed by atoms with Crippen LogP contribution in [0.4, 0.5) is 0 Å². The molecule has 0 heterocycles. The first-order valence-corrected chi connectivity index (χ1v) is 3.93. The molecule has 0 aliphatic carbocycles. The van der Waals surface area contributed by atoms with E-state index in [1.807, 2.05) is 10.6 Å². The first kappa shape index (κ1) is 12.9. The summed E-state index contributed by atoms with van der Waals surface area (Å²) in [6, 6.07) is 0. The number of hydrogen-bond acceptors (Lipinski definition) is 4. The predicted octanol–water partition coefficient (Wildman–Crippen LogP) is -2.22. The van der Waals surface area contributed by atoms with Gasteiger partial charge in [-0.25, -0.2) is 0 Å². The first-order valence-electron chi connectivity index (χ1n) is 3.93. The minimum atomic E-state index is -1.28. The van der Waals surface area contributed by atoms with Crippen LogP contribution in [0.15, 0.2) is 0 Å². The fourth-order valence-corrected chi connectivity index (χ4v) is 0.599. The molecule has 84 valence electrons. The highest BCUT2D eigenvalue weighted by Crippen LogP contribution is 1.76. The Hall–Kier alpha value is -2.12. The van der Waals surface area contributed by atoms with Gasteiger partial charge in [-0.2, -0.15) is 0 Å². The van der Waals surface area contributed by atoms with E-state index in [4.69, 9.17) is 10.2 Å². The number of carbonyl (C=O) groups is 4. The molecule has 15 heavy (non-hydrogen) atoms. The van der Waals surface area contributed by atoms with Crippen molar-refractivity contribution in [2.75, 3.05) is 13.1 Å². The topological polar surface area (TPSA) is 133 Å². The molecule has 0 atom stereocenters. The van der Waals surface area contributed by atoms with E-state index in [9.17, 15) is 19.2 Å². The number of carboxylic acids is 2. The Bertz CT molecular complexity index is 287. The summed E-state index contributed by atoms with van der Waals surface area (Å²) in [6.07, 6.45) is -0.308. The van der Waals surface area contributed by atoms with Gasteiger partial charge in [0.15, 0.2) is 0 Å². The third-order valence-electron chi connectivity index (χ3n) is 1.23. The van der Waals surface area contributed by atoms with Crippen molar-refractivity contribution < 1.29 is 29.4 Å². The molecular weight excluding hydrogens is 208 g/mol. The number of rotatable bonds is 5. The second kappa shape index (κ2) is 6.35. The van der Waals surface area contributed by atoms with E-state index in [0.29, 0.717) is 0 Å². The molecule has 0 aliphatic heterocycles. The first-order chi connectivity index (χ1) is 6.93. The SMILES string of the molecule is O=C(O)CCNC(=O)C(=O)NCC(=O)O. The summed E-state index contributed by atoms with van der Waals surface area (Å²) in [7, 11) is 0. The molecule has 8 nitrogen and oxygen atoms in total. The standard InChI is InChI=1S/C7H10N2O6/c10-4(11)1-2-8-6(14)7(15)9-3-5(12)13/h1-3H2,(H,8,14)(H,9,15)(H,10,11)(H,12,13). The summed E-state index contributed by atoms with van der Waals surface area (Å²) in [6.45, 7) is -0.847. The van der Waals surface area contributed by atoms with Crippen LogP contribution < -0.4 is 10.6 Å². The van der Waals surface area contributed by atoms with Crippen molar-refractivity contribution in [1.82, 2.24) is 10.6 Å². The van der Waals surface area contributed by atoms with E-state index < -0.39 is 30.3 Å². The number of amides is 2. The van der Waals surface area contributed by atoms with Crippen LogP contribution in [0.2, 0.25) is 0 Å². The minimum Gasteiger partial charge on any atom is -0.481 e. The van der Waals surface area contributed by atoms with E-state index >= 15 is 0 Å². The molecule has 0 spiro atoms. The lowest BCUT2D eigenvalue weighted by Gasteiger charge is -2.02. The van der Waals surface area contributed by atoms with Gasteiger partial charge in [-0.05, 0) is 0 Å². The van der Waals surface area contributed by atoms with Crippen LogP contribution in [0.3, 0.4) is 0 Å². The van der Waals surface area contributed by atoms with Gasteiger partial charge in [-0.3, -0.25) is 19.2 Å². The van der Waals surface area contributed by atoms with Gasteiger partial charge in [0.2, 0.25) is 0 Å². The average molecular weight is 218 g/mol. The van der Waals surface area contributed by atoms with Gasteiger partial charge < -0.3 is 20.8 Å². The monoisotopic (exact) mass is 218 g/mol. The van der Waals surface area contributed by atoms with Gasteiger partial charge in [0.1, 0.15) is 6.54 Å². The minimum absolute atomic E-state index is 0.186. The number of aliphatic carboxylic acids is 2. The van der Waals surface area contributed by atoms with Crippen LogP contribution in [-0.4, -0.2) is 47.1 Å². The molecule has 0 fully saturated rings. The normalized spacial score (nSPS) is 9.07. The van der Waals surface area contributed by atoms with Crippen molar-refractivity contribution >= 4 is 23.8 Å². The Morgan fingerprint density at radius 2 is 1.40 bits per heavy atom. The lowest BCUT2D eigenvalue weighted by molar-refractivity contribution is -0.142. The van der Waals surface area contributed by atoms with Crippen LogP contribution in [0.25, 0.3) is 0 Å². The third-order valence-corrected chi connectivity index (χ3v) is 1.23. The summed E-state index contributed by atoms with van der Waals surface area (Å²) in [5, 5.41) is 20.2. The van der Waals surface area contributed by atoms with Gasteiger partial charge in [-0.1, -0.05) is 0 Å². The van der Waals surface area contributed by atoms with Crippen LogP contribution >= 0.6 is 0 Å². The lowest BCUT2D eigenvalue weighted by atomic mass is 10.4. The lowest BCUT2D eigenvalue weighted by Crippen LogP contribution is -2.42. The van der Waals surface area contributed by atoms with Crippen molar-refractivity contribution in [2.45, 2.75) is 6.42 Å². The molecule has 0 saturated heterocycles. The highest BCUT2D eigenvalue weighted by Gasteiger charge is 2.13. The summed E-state index contributed by atoms with van der Waals surface area (Å²) >= 11 is 0. The maximum absolute atomic E-state index is 10.8. The molecular formula is C7H10N2O6. The Balaban J connectivity index is 3.74. The molecule has 2 amide bonds. The fourth-order valence-electron chi connectivity index (χ4n) is 0.599. The van der Waals surface area contributed by atoms with E-state index in [0.717, 1.165) is 0 Å². The van der Waals surface area contributed by atoms with Crippen LogP contribution in [0.1, 0.15) is 6.42 Å². The Kier molecular flexibility index (Phi) is 5.45. The van der Waals surface area contributed by atoms with E-state index in [1.165, 1.54) is 0 Å². The van der Waals surface area contributed by atoms with E-state index in [2.05, 4.69) is 0 Å². The van der Waals surface area contributed by atoms with Crippen molar-refractivity contribution in [3.8, 4) is 0 Å². The summed E-state index contributed by atoms with van der Waals surface area (Å²) in [4.78, 5) is 41.7. The number of nitrogens with one attached hydrogen (secondary N) is 2. The summed E-state index contributed by atoms with van der Waals surface area (Å²) in [5.74, 6) is -4.55. The van der Waals surface area contributed by atoms with Crippen LogP contribution in [0, 0.1) is 0 Å². The molecule has 0 aromatic heterocycles. The molecule has 0 bridgehead atoms. The number of hydrogen-bond donors (Lipinski definition) is 4. The Labute approximate surface area is 84.3 Å². The van der Waals surface area contributed by atoms with Crippen molar-refractivity contribution in [2.24, 2.45) is 0 Å². The highest BCUT2D eigenvalue weighted by atomic mass is 16.4. The molecule has 0 radical (unpaired) electrons. The summed E-state index contributed by atoms with van der Waals surface area (Å²) in [5.41, 5.74) is 0. The average Bonchev–Trinajstić information content (AvgIpc) is 2.13. The molecule has 0 aromatic carbocycles. The maximum atomic E-state index is 10.8. The zero-order valence-corrected chi connectivity index (χ0v) is 7.65. The van der Waals surface area contributed by atoms with Gasteiger partial charge in [0.05, 0.1) is 6.42 Å². The molecule has 0 aliphatic rings. The molecule has 8 heteroatoms. The number of carboxylic acid groups (broad SMARTS) is 2. The quantitative estimate of drug-likeness (QED) is 0.386. The Morgan fingerprint density at radius 1 is 0.867 bits per heavy atom. The molecule has 0 aromatic rings. The zero-order chi connectivity index (χ0) is 11.8. The fraction of sp³-hybridized carbons (Fsp3) is 0.429. The predicted molar refractivity (Wildman–Crippen MR) is 45.9 cm³/mol. The van der Waals surface area contributed by atoms with Gasteiger partial charge >= 0.3 is 23.8 Å². The molecule has 0 rings (SSSR count). The zero-order valence-electron chi connectivity index (χ0n) is 7.65. The molecule has 4 N–H and O–H groups in total. The maximum Gasteiger partial charge on any atom is 0.322 e. The second-order valence-corrected chi connectivity index (χ2v) is 2.48. The second-order valence-electron chi connectivity index (χ2n) is 2.48. The largest absolute Gasteiger partial charge is 0.481 e. The van der Waals surface area contributed by atoms with Crippen molar-refractivity contribution in [3.63, 3.8) is 0 Å².